The Hall–Kier alpha value is -1.62. The second-order valence-electron chi connectivity index (χ2n) is 3.53. The molecule has 0 saturated heterocycles. The molecule has 0 unspecified atom stereocenters. The van der Waals surface area contributed by atoms with Crippen LogP contribution in [-0.4, -0.2) is 31.5 Å². The van der Waals surface area contributed by atoms with E-state index in [0.717, 1.165) is 0 Å². The van der Waals surface area contributed by atoms with Crippen LogP contribution in [0.2, 0.25) is 0 Å². The van der Waals surface area contributed by atoms with E-state index in [2.05, 4.69) is 0 Å². The summed E-state index contributed by atoms with van der Waals surface area (Å²) in [6.45, 7) is 0.0388. The molecule has 0 saturated carbocycles. The van der Waals surface area contributed by atoms with Crippen molar-refractivity contribution in [3.63, 3.8) is 0 Å². The van der Waals surface area contributed by atoms with Gasteiger partial charge in [0.15, 0.2) is 6.61 Å². The van der Waals surface area contributed by atoms with Crippen molar-refractivity contribution < 1.29 is 13.9 Å². The molecule has 0 aromatic heterocycles. The number of carbonyl (C=O) groups excluding carboxylic acids is 1. The highest BCUT2D eigenvalue weighted by Gasteiger charge is 2.06. The third kappa shape index (κ3) is 3.20. The zero-order chi connectivity index (χ0) is 12.1. The molecule has 0 fully saturated rings. The van der Waals surface area contributed by atoms with Gasteiger partial charge in [-0.3, -0.25) is 4.79 Å². The van der Waals surface area contributed by atoms with Crippen molar-refractivity contribution in [3.05, 3.63) is 29.6 Å². The van der Waals surface area contributed by atoms with Gasteiger partial charge in [-0.2, -0.15) is 0 Å². The minimum absolute atomic E-state index is 0.103. The maximum Gasteiger partial charge on any atom is 0.259 e. The summed E-state index contributed by atoms with van der Waals surface area (Å²) in [5.74, 6) is -0.273. The van der Waals surface area contributed by atoms with E-state index in [4.69, 9.17) is 10.5 Å². The largest absolute Gasteiger partial charge is 0.484 e. The van der Waals surface area contributed by atoms with Gasteiger partial charge in [-0.05, 0) is 6.07 Å². The minimum Gasteiger partial charge on any atom is -0.484 e. The van der Waals surface area contributed by atoms with E-state index in [0.29, 0.717) is 11.3 Å². The Bertz CT molecular complexity index is 380. The van der Waals surface area contributed by atoms with Crippen molar-refractivity contribution in [2.24, 2.45) is 5.73 Å². The quantitative estimate of drug-likeness (QED) is 0.824. The van der Waals surface area contributed by atoms with Gasteiger partial charge in [-0.1, -0.05) is 6.07 Å². The van der Waals surface area contributed by atoms with Crippen molar-refractivity contribution in [1.82, 2.24) is 4.90 Å². The van der Waals surface area contributed by atoms with E-state index in [1.54, 1.807) is 26.2 Å². The molecular formula is C11H15FN2O2. The number of nitrogens with zero attached hydrogens (tertiary/aromatic N) is 1. The highest BCUT2D eigenvalue weighted by atomic mass is 19.1. The maximum atomic E-state index is 13.3. The lowest BCUT2D eigenvalue weighted by atomic mass is 10.2. The van der Waals surface area contributed by atoms with Crippen molar-refractivity contribution in [2.45, 2.75) is 6.54 Å². The molecule has 1 aromatic rings. The van der Waals surface area contributed by atoms with Crippen LogP contribution in [0.25, 0.3) is 0 Å². The second kappa shape index (κ2) is 5.46. The molecule has 4 nitrogen and oxygen atoms in total. The van der Waals surface area contributed by atoms with Crippen LogP contribution in [0.4, 0.5) is 4.39 Å². The molecule has 5 heteroatoms. The number of nitrogens with two attached hydrogens (primary N) is 1. The summed E-state index contributed by atoms with van der Waals surface area (Å²) in [5, 5.41) is 0. The molecule has 1 aromatic carbocycles. The predicted octanol–water partition coefficient (Wildman–Crippen LogP) is 0.751. The van der Waals surface area contributed by atoms with Gasteiger partial charge in [0.05, 0.1) is 0 Å². The Morgan fingerprint density at radius 1 is 1.50 bits per heavy atom. The molecule has 0 radical (unpaired) electrons. The van der Waals surface area contributed by atoms with E-state index in [1.165, 1.54) is 11.0 Å². The average molecular weight is 226 g/mol. The number of hydrogen-bond acceptors (Lipinski definition) is 3. The molecule has 0 atom stereocenters. The third-order valence-electron chi connectivity index (χ3n) is 2.11. The number of halogens is 1. The maximum absolute atomic E-state index is 13.3. The summed E-state index contributed by atoms with van der Waals surface area (Å²) in [4.78, 5) is 12.6. The van der Waals surface area contributed by atoms with E-state index in [9.17, 15) is 9.18 Å². The van der Waals surface area contributed by atoms with Gasteiger partial charge in [-0.15, -0.1) is 0 Å². The number of ether oxygens (including phenoxy) is 1. The third-order valence-corrected chi connectivity index (χ3v) is 2.11. The SMILES string of the molecule is CN(C)C(=O)COc1ccc(CN)c(F)c1. The molecule has 0 bridgehead atoms. The zero-order valence-corrected chi connectivity index (χ0v) is 9.37. The Kier molecular flexibility index (Phi) is 4.25. The standard InChI is InChI=1S/C11H15FN2O2/c1-14(2)11(15)7-16-9-4-3-8(6-13)10(12)5-9/h3-5H,6-7,13H2,1-2H3. The van der Waals surface area contributed by atoms with Crippen molar-refractivity contribution in [2.75, 3.05) is 20.7 Å². The van der Waals surface area contributed by atoms with E-state index in [1.807, 2.05) is 0 Å². The van der Waals surface area contributed by atoms with Crippen LogP contribution in [0.3, 0.4) is 0 Å². The van der Waals surface area contributed by atoms with Crippen LogP contribution in [0.5, 0.6) is 5.75 Å². The first-order valence-electron chi connectivity index (χ1n) is 4.86. The molecule has 0 spiro atoms. The second-order valence-corrected chi connectivity index (χ2v) is 3.53. The summed E-state index contributed by atoms with van der Waals surface area (Å²) in [7, 11) is 3.26. The Balaban J connectivity index is 2.62. The first kappa shape index (κ1) is 12.4. The molecule has 2 N–H and O–H groups in total. The van der Waals surface area contributed by atoms with Gasteiger partial charge in [0.25, 0.3) is 5.91 Å². The molecule has 0 aliphatic carbocycles. The van der Waals surface area contributed by atoms with Gasteiger partial charge >= 0.3 is 0 Å². The molecule has 0 aliphatic rings. The predicted molar refractivity (Wildman–Crippen MR) is 58.5 cm³/mol. The number of hydrogen-bond donors (Lipinski definition) is 1. The fraction of sp³-hybridized carbons (Fsp3) is 0.364. The average Bonchev–Trinajstić information content (AvgIpc) is 2.25. The fourth-order valence-electron chi connectivity index (χ4n) is 1.06. The highest BCUT2D eigenvalue weighted by Crippen LogP contribution is 2.16. The number of amides is 1. The van der Waals surface area contributed by atoms with Crippen molar-refractivity contribution in [3.8, 4) is 5.75 Å². The number of rotatable bonds is 4. The summed E-state index contributed by atoms with van der Waals surface area (Å²) in [6.07, 6.45) is 0. The normalized spacial score (nSPS) is 10.0. The molecule has 16 heavy (non-hydrogen) atoms. The first-order chi connectivity index (χ1) is 7.54. The summed E-state index contributed by atoms with van der Waals surface area (Å²) in [6, 6.07) is 4.37. The lowest BCUT2D eigenvalue weighted by Crippen LogP contribution is -2.27. The zero-order valence-electron chi connectivity index (χ0n) is 9.37. The van der Waals surface area contributed by atoms with Gasteiger partial charge in [-0.25, -0.2) is 4.39 Å². The van der Waals surface area contributed by atoms with E-state index >= 15 is 0 Å². The molecular weight excluding hydrogens is 211 g/mol. The fourth-order valence-corrected chi connectivity index (χ4v) is 1.06. The highest BCUT2D eigenvalue weighted by molar-refractivity contribution is 5.77. The van der Waals surface area contributed by atoms with Crippen LogP contribution >= 0.6 is 0 Å². The topological polar surface area (TPSA) is 55.6 Å². The molecule has 0 heterocycles. The van der Waals surface area contributed by atoms with Crippen LogP contribution in [0, 0.1) is 5.82 Å². The van der Waals surface area contributed by atoms with Crippen LogP contribution < -0.4 is 10.5 Å². The number of carbonyl (C=O) groups is 1. The lowest BCUT2D eigenvalue weighted by Gasteiger charge is -2.11. The Labute approximate surface area is 93.8 Å². The minimum atomic E-state index is -0.419. The van der Waals surface area contributed by atoms with Crippen LogP contribution in [-0.2, 0) is 11.3 Å². The van der Waals surface area contributed by atoms with Crippen molar-refractivity contribution in [1.29, 1.82) is 0 Å². The Morgan fingerprint density at radius 3 is 2.69 bits per heavy atom. The van der Waals surface area contributed by atoms with Crippen molar-refractivity contribution >= 4 is 5.91 Å². The molecule has 88 valence electrons. The summed E-state index contributed by atoms with van der Waals surface area (Å²) < 4.78 is 18.4. The van der Waals surface area contributed by atoms with E-state index in [-0.39, 0.29) is 19.1 Å². The molecule has 0 aliphatic heterocycles. The van der Waals surface area contributed by atoms with Gasteiger partial charge in [0.1, 0.15) is 11.6 Å². The monoisotopic (exact) mass is 226 g/mol. The van der Waals surface area contributed by atoms with Gasteiger partial charge < -0.3 is 15.4 Å². The van der Waals surface area contributed by atoms with E-state index < -0.39 is 5.82 Å². The number of likely N-dealkylation sites (N-methyl/N-ethyl adjacent to an activating group) is 1. The Morgan fingerprint density at radius 2 is 2.19 bits per heavy atom. The number of benzene rings is 1. The first-order valence-corrected chi connectivity index (χ1v) is 4.86. The van der Waals surface area contributed by atoms with Crippen LogP contribution in [0.15, 0.2) is 18.2 Å². The van der Waals surface area contributed by atoms with Gasteiger partial charge in [0, 0.05) is 32.3 Å². The van der Waals surface area contributed by atoms with Gasteiger partial charge in [0.2, 0.25) is 0 Å². The van der Waals surface area contributed by atoms with Crippen LogP contribution in [0.1, 0.15) is 5.56 Å². The molecule has 1 rings (SSSR count). The molecule has 1 amide bonds. The lowest BCUT2D eigenvalue weighted by molar-refractivity contribution is -0.130. The smallest absolute Gasteiger partial charge is 0.259 e. The summed E-state index contributed by atoms with van der Waals surface area (Å²) in [5.41, 5.74) is 5.74. The summed E-state index contributed by atoms with van der Waals surface area (Å²) >= 11 is 0.